The largest absolute Gasteiger partial charge is 0.466 e. The lowest BCUT2D eigenvalue weighted by Crippen LogP contribution is -2.05. The average molecular weight is 234 g/mol. The van der Waals surface area contributed by atoms with Crippen LogP contribution in [0.1, 0.15) is 44.6 Å². The first-order valence-corrected chi connectivity index (χ1v) is 6.52. The van der Waals surface area contributed by atoms with Crippen molar-refractivity contribution in [3.05, 3.63) is 35.9 Å². The molecule has 0 fully saturated rings. The van der Waals surface area contributed by atoms with Gasteiger partial charge in [0.25, 0.3) is 0 Å². The van der Waals surface area contributed by atoms with E-state index < -0.39 is 0 Å². The van der Waals surface area contributed by atoms with Crippen LogP contribution in [0.25, 0.3) is 0 Å². The third-order valence-corrected chi connectivity index (χ3v) is 2.70. The van der Waals surface area contributed by atoms with Crippen molar-refractivity contribution in [3.63, 3.8) is 0 Å². The van der Waals surface area contributed by atoms with Crippen molar-refractivity contribution in [3.8, 4) is 0 Å². The van der Waals surface area contributed by atoms with Crippen LogP contribution in [-0.4, -0.2) is 12.6 Å². The third kappa shape index (κ3) is 6.77. The van der Waals surface area contributed by atoms with E-state index in [4.69, 9.17) is 4.74 Å². The zero-order chi connectivity index (χ0) is 12.3. The Hall–Kier alpha value is -1.31. The van der Waals surface area contributed by atoms with E-state index in [0.717, 1.165) is 32.1 Å². The fraction of sp³-hybridized carbons (Fsp3) is 0.533. The van der Waals surface area contributed by atoms with Gasteiger partial charge in [-0.05, 0) is 31.2 Å². The standard InChI is InChI=1S/C15H22O2/c1-2-3-12-15(16)17-13-8-7-11-14-9-5-4-6-10-14/h4-6,9-10H,2-3,7-8,11-13H2,1H3. The molecule has 17 heavy (non-hydrogen) atoms. The minimum Gasteiger partial charge on any atom is -0.466 e. The highest BCUT2D eigenvalue weighted by atomic mass is 16.5. The molecule has 0 aliphatic rings. The van der Waals surface area contributed by atoms with Crippen molar-refractivity contribution in [2.45, 2.75) is 45.4 Å². The monoisotopic (exact) mass is 234 g/mol. The van der Waals surface area contributed by atoms with Crippen LogP contribution in [0.4, 0.5) is 0 Å². The number of aryl methyl sites for hydroxylation is 1. The molecule has 0 saturated carbocycles. The van der Waals surface area contributed by atoms with Gasteiger partial charge >= 0.3 is 5.97 Å². The summed E-state index contributed by atoms with van der Waals surface area (Å²) < 4.78 is 5.14. The summed E-state index contributed by atoms with van der Waals surface area (Å²) in [6.45, 7) is 2.64. The van der Waals surface area contributed by atoms with Gasteiger partial charge in [-0.15, -0.1) is 0 Å². The number of benzene rings is 1. The summed E-state index contributed by atoms with van der Waals surface area (Å²) in [5.41, 5.74) is 1.35. The maximum absolute atomic E-state index is 11.2. The number of ether oxygens (including phenoxy) is 1. The third-order valence-electron chi connectivity index (χ3n) is 2.70. The molecule has 0 aliphatic heterocycles. The van der Waals surface area contributed by atoms with Crippen molar-refractivity contribution < 1.29 is 9.53 Å². The van der Waals surface area contributed by atoms with Crippen molar-refractivity contribution in [2.24, 2.45) is 0 Å². The topological polar surface area (TPSA) is 26.3 Å². The molecular formula is C15H22O2. The van der Waals surface area contributed by atoms with Gasteiger partial charge < -0.3 is 4.74 Å². The molecular weight excluding hydrogens is 212 g/mol. The van der Waals surface area contributed by atoms with Crippen LogP contribution in [0.15, 0.2) is 30.3 Å². The second-order valence-electron chi connectivity index (χ2n) is 4.27. The first-order chi connectivity index (χ1) is 8.33. The number of esters is 1. The fourth-order valence-electron chi connectivity index (χ4n) is 1.66. The predicted octanol–water partition coefficient (Wildman–Crippen LogP) is 3.74. The van der Waals surface area contributed by atoms with Crippen LogP contribution in [0.3, 0.4) is 0 Å². The molecule has 2 nitrogen and oxygen atoms in total. The fourth-order valence-corrected chi connectivity index (χ4v) is 1.66. The molecule has 1 aromatic rings. The minimum atomic E-state index is -0.0495. The number of unbranched alkanes of at least 4 members (excludes halogenated alkanes) is 2. The summed E-state index contributed by atoms with van der Waals surface area (Å²) in [5, 5.41) is 0. The second-order valence-corrected chi connectivity index (χ2v) is 4.27. The molecule has 0 N–H and O–H groups in total. The van der Waals surface area contributed by atoms with Crippen LogP contribution in [0.5, 0.6) is 0 Å². The molecule has 0 bridgehead atoms. The van der Waals surface area contributed by atoms with E-state index in [-0.39, 0.29) is 5.97 Å². The maximum atomic E-state index is 11.2. The van der Waals surface area contributed by atoms with Gasteiger partial charge in [0.15, 0.2) is 0 Å². The predicted molar refractivity (Wildman–Crippen MR) is 69.9 cm³/mol. The van der Waals surface area contributed by atoms with Gasteiger partial charge in [0.2, 0.25) is 0 Å². The normalized spacial score (nSPS) is 10.2. The Balaban J connectivity index is 1.99. The summed E-state index contributed by atoms with van der Waals surface area (Å²) >= 11 is 0. The summed E-state index contributed by atoms with van der Waals surface area (Å²) in [6.07, 6.45) is 5.63. The van der Waals surface area contributed by atoms with Gasteiger partial charge in [0.05, 0.1) is 6.61 Å². The molecule has 0 heterocycles. The van der Waals surface area contributed by atoms with Crippen molar-refractivity contribution >= 4 is 5.97 Å². The first kappa shape index (κ1) is 13.8. The summed E-state index contributed by atoms with van der Waals surface area (Å²) in [4.78, 5) is 11.2. The molecule has 0 atom stereocenters. The van der Waals surface area contributed by atoms with Crippen LogP contribution < -0.4 is 0 Å². The Kier molecular flexibility index (Phi) is 7.12. The second kappa shape index (κ2) is 8.80. The van der Waals surface area contributed by atoms with Gasteiger partial charge in [-0.25, -0.2) is 0 Å². The Morgan fingerprint density at radius 1 is 1.12 bits per heavy atom. The molecule has 0 aliphatic carbocycles. The van der Waals surface area contributed by atoms with Crippen LogP contribution in [-0.2, 0) is 16.0 Å². The minimum absolute atomic E-state index is 0.0495. The summed E-state index contributed by atoms with van der Waals surface area (Å²) in [7, 11) is 0. The van der Waals surface area contributed by atoms with Crippen LogP contribution >= 0.6 is 0 Å². The Bertz CT molecular complexity index is 306. The molecule has 0 saturated heterocycles. The smallest absolute Gasteiger partial charge is 0.305 e. The van der Waals surface area contributed by atoms with E-state index in [1.165, 1.54) is 5.56 Å². The van der Waals surface area contributed by atoms with Gasteiger partial charge in [-0.3, -0.25) is 4.79 Å². The van der Waals surface area contributed by atoms with Crippen molar-refractivity contribution in [1.82, 2.24) is 0 Å². The van der Waals surface area contributed by atoms with E-state index in [9.17, 15) is 4.79 Å². The van der Waals surface area contributed by atoms with E-state index in [1.807, 2.05) is 6.07 Å². The van der Waals surface area contributed by atoms with E-state index in [0.29, 0.717) is 13.0 Å². The van der Waals surface area contributed by atoms with Crippen molar-refractivity contribution in [2.75, 3.05) is 6.61 Å². The Labute approximate surface area is 104 Å². The molecule has 94 valence electrons. The molecule has 0 amide bonds. The highest BCUT2D eigenvalue weighted by Gasteiger charge is 2.00. The molecule has 0 radical (unpaired) electrons. The van der Waals surface area contributed by atoms with Crippen LogP contribution in [0.2, 0.25) is 0 Å². The Morgan fingerprint density at radius 2 is 1.88 bits per heavy atom. The average Bonchev–Trinajstić information content (AvgIpc) is 2.37. The molecule has 2 heteroatoms. The number of carbonyl (C=O) groups excluding carboxylic acids is 1. The molecule has 0 unspecified atom stereocenters. The lowest BCUT2D eigenvalue weighted by Gasteiger charge is -2.04. The summed E-state index contributed by atoms with van der Waals surface area (Å²) in [6, 6.07) is 10.4. The molecule has 0 aromatic heterocycles. The zero-order valence-corrected chi connectivity index (χ0v) is 10.7. The van der Waals surface area contributed by atoms with Crippen LogP contribution in [0, 0.1) is 0 Å². The quantitative estimate of drug-likeness (QED) is 0.506. The van der Waals surface area contributed by atoms with Gasteiger partial charge in [-0.2, -0.15) is 0 Å². The van der Waals surface area contributed by atoms with E-state index in [1.54, 1.807) is 0 Å². The lowest BCUT2D eigenvalue weighted by molar-refractivity contribution is -0.143. The van der Waals surface area contributed by atoms with Gasteiger partial charge in [-0.1, -0.05) is 43.7 Å². The lowest BCUT2D eigenvalue weighted by atomic mass is 10.1. The van der Waals surface area contributed by atoms with Gasteiger partial charge in [0, 0.05) is 6.42 Å². The number of hydrogen-bond acceptors (Lipinski definition) is 2. The highest BCUT2D eigenvalue weighted by Crippen LogP contribution is 2.05. The van der Waals surface area contributed by atoms with Gasteiger partial charge in [0.1, 0.15) is 0 Å². The van der Waals surface area contributed by atoms with Crippen molar-refractivity contribution in [1.29, 1.82) is 0 Å². The first-order valence-electron chi connectivity index (χ1n) is 6.52. The molecule has 1 aromatic carbocycles. The molecule has 0 spiro atoms. The Morgan fingerprint density at radius 3 is 2.59 bits per heavy atom. The molecule has 1 rings (SSSR count). The highest BCUT2D eigenvalue weighted by molar-refractivity contribution is 5.69. The number of carbonyl (C=O) groups is 1. The maximum Gasteiger partial charge on any atom is 0.305 e. The zero-order valence-electron chi connectivity index (χ0n) is 10.7. The number of hydrogen-bond donors (Lipinski definition) is 0. The van der Waals surface area contributed by atoms with E-state index >= 15 is 0 Å². The summed E-state index contributed by atoms with van der Waals surface area (Å²) in [5.74, 6) is -0.0495. The van der Waals surface area contributed by atoms with E-state index in [2.05, 4.69) is 31.2 Å². The number of rotatable bonds is 8. The SMILES string of the molecule is CCCCC(=O)OCCCCc1ccccc1.